The van der Waals surface area contributed by atoms with E-state index < -0.39 is 0 Å². The first kappa shape index (κ1) is 24.4. The summed E-state index contributed by atoms with van der Waals surface area (Å²) in [5, 5.41) is 7.64. The van der Waals surface area contributed by atoms with Gasteiger partial charge in [-0.25, -0.2) is 0 Å². The van der Waals surface area contributed by atoms with Crippen LogP contribution in [0.5, 0.6) is 0 Å². The maximum absolute atomic E-state index is 3.93. The highest BCUT2D eigenvalue weighted by Gasteiger charge is 2.43. The summed E-state index contributed by atoms with van der Waals surface area (Å²) in [6.07, 6.45) is 2.14. The Balaban J connectivity index is 0.00000160. The summed E-state index contributed by atoms with van der Waals surface area (Å²) in [6, 6.07) is 31.1. The van der Waals surface area contributed by atoms with Gasteiger partial charge in [-0.1, -0.05) is 91.9 Å². The molecule has 1 heterocycles. The van der Waals surface area contributed by atoms with Crippen LogP contribution in [-0.2, 0) is 18.4 Å². The van der Waals surface area contributed by atoms with E-state index in [2.05, 4.69) is 102 Å². The average Bonchev–Trinajstić information content (AvgIpc) is 2.78. The van der Waals surface area contributed by atoms with Crippen LogP contribution in [0.4, 0.5) is 0 Å². The van der Waals surface area contributed by atoms with Crippen LogP contribution in [0.2, 0.25) is 0 Å². The fraction of sp³-hybridized carbons (Fsp3) is 0.308. The molecule has 0 spiro atoms. The first-order valence-corrected chi connectivity index (χ1v) is 10.5. The Labute approximate surface area is 193 Å². The zero-order valence-electron chi connectivity index (χ0n) is 17.5. The molecule has 0 amide bonds. The van der Waals surface area contributed by atoms with Crippen LogP contribution < -0.4 is 10.6 Å². The molecule has 0 radical (unpaired) electrons. The average molecular weight is 443 g/mol. The van der Waals surface area contributed by atoms with Gasteiger partial charge < -0.3 is 10.6 Å². The minimum absolute atomic E-state index is 0. The van der Waals surface area contributed by atoms with Crippen molar-refractivity contribution in [3.63, 3.8) is 0 Å². The molecule has 3 aromatic rings. The standard InChI is InChI=1S/C26H30N2.2ClH/c1-2-25(28-18-17-21-11-5-3-6-12-21)26(23-14-7-4-8-15-23)20-27-19-22-13-9-10-16-24(22)26;;/h3-16,25,27-28H,2,17-20H2,1H3;2*1H. The molecule has 0 aliphatic carbocycles. The predicted octanol–water partition coefficient (Wildman–Crippen LogP) is 5.53. The molecule has 2 unspecified atom stereocenters. The number of benzene rings is 3. The lowest BCUT2D eigenvalue weighted by Crippen LogP contribution is -2.57. The van der Waals surface area contributed by atoms with Gasteiger partial charge in [0.1, 0.15) is 0 Å². The molecule has 0 saturated carbocycles. The van der Waals surface area contributed by atoms with E-state index in [1.807, 2.05) is 0 Å². The van der Waals surface area contributed by atoms with Crippen LogP contribution in [0, 0.1) is 0 Å². The Hall–Kier alpha value is -1.84. The minimum atomic E-state index is -0.0540. The van der Waals surface area contributed by atoms with E-state index >= 15 is 0 Å². The monoisotopic (exact) mass is 442 g/mol. The lowest BCUT2D eigenvalue weighted by Gasteiger charge is -2.46. The molecule has 1 aliphatic rings. The number of nitrogens with one attached hydrogen (secondary N) is 2. The topological polar surface area (TPSA) is 24.1 Å². The van der Waals surface area contributed by atoms with Gasteiger partial charge in [-0.15, -0.1) is 24.8 Å². The van der Waals surface area contributed by atoms with Gasteiger partial charge in [0.15, 0.2) is 0 Å². The lowest BCUT2D eigenvalue weighted by atomic mass is 9.65. The highest BCUT2D eigenvalue weighted by molar-refractivity contribution is 5.85. The smallest absolute Gasteiger partial charge is 0.0483 e. The van der Waals surface area contributed by atoms with E-state index in [0.29, 0.717) is 6.04 Å². The molecule has 160 valence electrons. The summed E-state index contributed by atoms with van der Waals surface area (Å²) >= 11 is 0. The molecule has 0 saturated heterocycles. The summed E-state index contributed by atoms with van der Waals surface area (Å²) in [7, 11) is 0. The second-order valence-electron chi connectivity index (χ2n) is 7.75. The number of rotatable bonds is 7. The van der Waals surface area contributed by atoms with Crippen LogP contribution in [0.3, 0.4) is 0 Å². The second-order valence-corrected chi connectivity index (χ2v) is 7.75. The van der Waals surface area contributed by atoms with Crippen molar-refractivity contribution in [1.82, 2.24) is 10.6 Å². The van der Waals surface area contributed by atoms with Gasteiger partial charge in [-0.2, -0.15) is 0 Å². The maximum Gasteiger partial charge on any atom is 0.0483 e. The van der Waals surface area contributed by atoms with Crippen molar-refractivity contribution < 1.29 is 0 Å². The van der Waals surface area contributed by atoms with Crippen molar-refractivity contribution in [3.05, 3.63) is 107 Å². The maximum atomic E-state index is 3.93. The molecular formula is C26H32Cl2N2. The fourth-order valence-corrected chi connectivity index (χ4v) is 4.81. The summed E-state index contributed by atoms with van der Waals surface area (Å²) in [5.74, 6) is 0. The summed E-state index contributed by atoms with van der Waals surface area (Å²) in [5.41, 5.74) is 5.62. The predicted molar refractivity (Wildman–Crippen MR) is 132 cm³/mol. The lowest BCUT2D eigenvalue weighted by molar-refractivity contribution is 0.302. The highest BCUT2D eigenvalue weighted by Crippen LogP contribution is 2.40. The molecule has 4 heteroatoms. The first-order chi connectivity index (χ1) is 13.8. The molecular weight excluding hydrogens is 411 g/mol. The third kappa shape index (κ3) is 4.90. The van der Waals surface area contributed by atoms with Gasteiger partial charge in [0.2, 0.25) is 0 Å². The Kier molecular flexibility index (Phi) is 9.38. The molecule has 2 N–H and O–H groups in total. The summed E-state index contributed by atoms with van der Waals surface area (Å²) in [4.78, 5) is 0. The van der Waals surface area contributed by atoms with Gasteiger partial charge in [0.25, 0.3) is 0 Å². The van der Waals surface area contributed by atoms with Crippen molar-refractivity contribution in [2.24, 2.45) is 0 Å². The van der Waals surface area contributed by atoms with Gasteiger partial charge in [-0.05, 0) is 41.6 Å². The zero-order valence-corrected chi connectivity index (χ0v) is 19.1. The Bertz CT molecular complexity index is 886. The number of hydrogen-bond acceptors (Lipinski definition) is 2. The van der Waals surface area contributed by atoms with Gasteiger partial charge in [0.05, 0.1) is 0 Å². The highest BCUT2D eigenvalue weighted by atomic mass is 35.5. The molecule has 2 atom stereocenters. The van der Waals surface area contributed by atoms with E-state index in [9.17, 15) is 0 Å². The van der Waals surface area contributed by atoms with Crippen LogP contribution in [0.25, 0.3) is 0 Å². The largest absolute Gasteiger partial charge is 0.312 e. The number of hydrogen-bond donors (Lipinski definition) is 2. The van der Waals surface area contributed by atoms with Crippen molar-refractivity contribution in [3.8, 4) is 0 Å². The van der Waals surface area contributed by atoms with Gasteiger partial charge in [-0.3, -0.25) is 0 Å². The quantitative estimate of drug-likeness (QED) is 0.502. The third-order valence-corrected chi connectivity index (χ3v) is 6.16. The molecule has 2 nitrogen and oxygen atoms in total. The summed E-state index contributed by atoms with van der Waals surface area (Å²) in [6.45, 7) is 5.21. The van der Waals surface area contributed by atoms with E-state index in [-0.39, 0.29) is 30.2 Å². The van der Waals surface area contributed by atoms with Crippen LogP contribution in [-0.4, -0.2) is 19.1 Å². The first-order valence-electron chi connectivity index (χ1n) is 10.5. The Morgan fingerprint density at radius 3 is 2.20 bits per heavy atom. The van der Waals surface area contributed by atoms with Crippen molar-refractivity contribution >= 4 is 24.8 Å². The number of halogens is 2. The molecule has 0 fully saturated rings. The Morgan fingerprint density at radius 2 is 1.50 bits per heavy atom. The van der Waals surface area contributed by atoms with Gasteiger partial charge >= 0.3 is 0 Å². The van der Waals surface area contributed by atoms with E-state index in [1.165, 1.54) is 22.3 Å². The molecule has 4 rings (SSSR count). The van der Waals surface area contributed by atoms with Crippen LogP contribution in [0.1, 0.15) is 35.6 Å². The molecule has 30 heavy (non-hydrogen) atoms. The van der Waals surface area contributed by atoms with Crippen molar-refractivity contribution in [2.75, 3.05) is 13.1 Å². The van der Waals surface area contributed by atoms with E-state index in [4.69, 9.17) is 0 Å². The van der Waals surface area contributed by atoms with E-state index in [1.54, 1.807) is 0 Å². The van der Waals surface area contributed by atoms with Crippen molar-refractivity contribution in [1.29, 1.82) is 0 Å². The molecule has 1 aliphatic heterocycles. The van der Waals surface area contributed by atoms with E-state index in [0.717, 1.165) is 32.5 Å². The molecule has 3 aromatic carbocycles. The second kappa shape index (κ2) is 11.5. The van der Waals surface area contributed by atoms with Crippen molar-refractivity contribution in [2.45, 2.75) is 37.8 Å². The SMILES string of the molecule is CCC(NCCc1ccccc1)C1(c2ccccc2)CNCc2ccccc21.Cl.Cl. The normalized spacial score (nSPS) is 18.4. The summed E-state index contributed by atoms with van der Waals surface area (Å²) < 4.78 is 0. The minimum Gasteiger partial charge on any atom is -0.312 e. The third-order valence-electron chi connectivity index (χ3n) is 6.16. The zero-order chi connectivity index (χ0) is 19.2. The van der Waals surface area contributed by atoms with Gasteiger partial charge in [0, 0.05) is 24.5 Å². The molecule has 0 aromatic heterocycles. The Morgan fingerprint density at radius 1 is 0.867 bits per heavy atom. The van der Waals surface area contributed by atoms with Crippen LogP contribution >= 0.6 is 24.8 Å². The number of fused-ring (bicyclic) bond motifs is 1. The molecule has 0 bridgehead atoms. The fourth-order valence-electron chi connectivity index (χ4n) is 4.81. The van der Waals surface area contributed by atoms with Crippen LogP contribution in [0.15, 0.2) is 84.9 Å².